The van der Waals surface area contributed by atoms with Gasteiger partial charge in [0.05, 0.1) is 13.7 Å². The minimum Gasteiger partial charge on any atom is -0.0616 e. The number of fused-ring (bicyclic) bond motifs is 4. The van der Waals surface area contributed by atoms with Crippen LogP contribution in [-0.2, 0) is 0 Å². The Morgan fingerprint density at radius 1 is 0.492 bits per heavy atom. The first-order valence-electron chi connectivity index (χ1n) is 24.3. The number of anilines is 4. The molecular weight excluding hydrogens is 779 g/mol. The van der Waals surface area contributed by atoms with Gasteiger partial charge in [-0.3, -0.25) is 0 Å². The number of hydrogen-bond acceptors (Lipinski definition) is 4. The van der Waals surface area contributed by atoms with E-state index in [2.05, 4.69) is 83.8 Å². The Kier molecular flexibility index (Phi) is 6.45. The summed E-state index contributed by atoms with van der Waals surface area (Å²) in [6, 6.07) is 47.4. The molecule has 11 rings (SSSR count). The largest absolute Gasteiger partial charge is 0.0629 e. The van der Waals surface area contributed by atoms with Crippen LogP contribution in [-0.4, -0.2) is 24.9 Å². The molecule has 0 fully saturated rings. The van der Waals surface area contributed by atoms with Gasteiger partial charge in [0.2, 0.25) is 0 Å². The second-order valence-electron chi connectivity index (χ2n) is 14.4. The summed E-state index contributed by atoms with van der Waals surface area (Å²) >= 11 is -3.49. The maximum Gasteiger partial charge on any atom is 0.0629 e. The number of rotatable bonds is 8. The van der Waals surface area contributed by atoms with E-state index < -0.39 is 73.7 Å². The summed E-state index contributed by atoms with van der Waals surface area (Å²) in [7, 11) is 0. The van der Waals surface area contributed by atoms with Crippen LogP contribution in [0.25, 0.3) is 33.5 Å². The quantitative estimate of drug-likeness (QED) is 0.143. The van der Waals surface area contributed by atoms with E-state index in [0.29, 0.717) is 22.9 Å². The third-order valence-corrected chi connectivity index (χ3v) is 21.4. The second kappa shape index (κ2) is 14.7. The fraction of sp³-hybridized carbons (Fsp3) is 0.0185. The molecule has 4 nitrogen and oxygen atoms in total. The maximum absolute atomic E-state index is 9.03. The van der Waals surface area contributed by atoms with Crippen molar-refractivity contribution < 1.29 is 18.4 Å². The van der Waals surface area contributed by atoms with Gasteiger partial charge in [0.25, 0.3) is 0 Å². The van der Waals surface area contributed by atoms with Crippen molar-refractivity contribution in [2.24, 2.45) is 0 Å². The Morgan fingerprint density at radius 2 is 1.08 bits per heavy atom. The first-order valence-corrected chi connectivity index (χ1v) is 23.5. The van der Waals surface area contributed by atoms with Crippen molar-refractivity contribution >= 4 is 53.6 Å². The molecule has 0 saturated heterocycles. The van der Waals surface area contributed by atoms with E-state index in [1.54, 1.807) is 18.2 Å². The summed E-state index contributed by atoms with van der Waals surface area (Å²) < 4.78 is 99.0. The number of aromatic nitrogens is 1. The molecule has 5 heteroatoms. The summed E-state index contributed by atoms with van der Waals surface area (Å²) in [5, 5.41) is 0. The topological polar surface area (TPSA) is 28.6 Å². The van der Waals surface area contributed by atoms with Crippen LogP contribution >= 0.6 is 0 Å². The summed E-state index contributed by atoms with van der Waals surface area (Å²) in [5.74, 6) is 1.21. The first kappa shape index (κ1) is 26.0. The molecule has 2 aliphatic heterocycles. The number of benzene rings is 8. The minimum absolute atomic E-state index is 0.0860. The van der Waals surface area contributed by atoms with Gasteiger partial charge in [-0.15, -0.1) is 0 Å². The van der Waals surface area contributed by atoms with E-state index in [1.165, 1.54) is 17.6 Å². The van der Waals surface area contributed by atoms with Gasteiger partial charge in [-0.25, -0.2) is 0 Å². The normalized spacial score (nSPS) is 15.8. The fourth-order valence-electron chi connectivity index (χ4n) is 8.83. The zero-order valence-electron chi connectivity index (χ0n) is 41.5. The van der Waals surface area contributed by atoms with Crippen LogP contribution in [0, 0.1) is 0 Å². The molecule has 3 heterocycles. The molecule has 0 bridgehead atoms. The monoisotopic (exact) mass is 829 g/mol. The summed E-state index contributed by atoms with van der Waals surface area (Å²) in [6.45, 7) is 0.124. The van der Waals surface area contributed by atoms with Gasteiger partial charge in [-0.1, -0.05) is 84.7 Å². The van der Waals surface area contributed by atoms with Crippen molar-refractivity contribution in [3.8, 4) is 45.0 Å². The standard InChI is InChI=1S/C54H39GeN3O/c1-5-18-39(19-6-1)46-28-16-29-47(40-20-7-2-8-21-40)54(46)58-38-57(51-31-13-14-32-52(51)58)43-26-15-27-44(36-43)59-45-33-34-49-48(37-45)53-50(30-17-35-56-53)55(49,41-22-9-3-10-23-41)42-24-11-4-12-25-42/h1-37H,38H2/i1D,2D,5D,6D,7D,8D,18D,19D,20D,21D. The third kappa shape index (κ3) is 5.86. The van der Waals surface area contributed by atoms with Crippen LogP contribution in [0.1, 0.15) is 13.7 Å². The molecule has 1 aromatic heterocycles. The van der Waals surface area contributed by atoms with Gasteiger partial charge in [0.1, 0.15) is 0 Å². The number of nitrogens with zero attached hydrogens (tertiary/aromatic N) is 3. The predicted octanol–water partition coefficient (Wildman–Crippen LogP) is 10.8. The van der Waals surface area contributed by atoms with Gasteiger partial charge in [-0.2, -0.15) is 0 Å². The molecule has 2 aliphatic rings. The molecule has 8 aromatic carbocycles. The van der Waals surface area contributed by atoms with Crippen LogP contribution in [0.4, 0.5) is 22.7 Å². The Morgan fingerprint density at radius 3 is 1.75 bits per heavy atom. The van der Waals surface area contributed by atoms with E-state index in [-0.39, 0.29) is 28.9 Å². The Bertz CT molecular complexity index is 3380. The van der Waals surface area contributed by atoms with Crippen molar-refractivity contribution in [3.63, 3.8) is 0 Å². The maximum atomic E-state index is 9.03. The van der Waals surface area contributed by atoms with E-state index in [4.69, 9.17) is 23.4 Å². The van der Waals surface area contributed by atoms with E-state index in [9.17, 15) is 0 Å². The summed E-state index contributed by atoms with van der Waals surface area (Å²) in [4.78, 5) is 8.95. The number of pyridine rings is 1. The SMILES string of the molecule is [2H]c1c([2H])c([2H])c(-c2cccc(-c3c([2H])c([2H])c([2H])c([2H])c3[2H])c2N2CN(c3cccc(Oc4cc[c]5c(c4)-c4nccc[c]4[Ge]5([c]4ccccc4)[c]4ccccc4)c3)c3ccccc32)c([2H])c1[2H]. The van der Waals surface area contributed by atoms with Crippen LogP contribution in [0.2, 0.25) is 0 Å². The predicted molar refractivity (Wildman–Crippen MR) is 246 cm³/mol. The zero-order valence-corrected chi connectivity index (χ0v) is 33.6. The van der Waals surface area contributed by atoms with Gasteiger partial charge < -0.3 is 0 Å². The average Bonchev–Trinajstić information content (AvgIpc) is 3.91. The number of hydrogen-bond donors (Lipinski definition) is 0. The van der Waals surface area contributed by atoms with Crippen molar-refractivity contribution in [1.29, 1.82) is 0 Å². The number of ether oxygens (including phenoxy) is 1. The van der Waals surface area contributed by atoms with Crippen LogP contribution < -0.4 is 32.1 Å². The molecular formula is C54H39GeN3O. The minimum atomic E-state index is -3.49. The second-order valence-corrected chi connectivity index (χ2v) is 22.2. The van der Waals surface area contributed by atoms with Gasteiger partial charge in [-0.05, 0) is 11.1 Å². The molecule has 0 aliphatic carbocycles. The molecule has 0 saturated carbocycles. The Labute approximate surface area is 361 Å². The third-order valence-electron chi connectivity index (χ3n) is 11.2. The Hall–Kier alpha value is -7.15. The van der Waals surface area contributed by atoms with E-state index >= 15 is 0 Å². The molecule has 0 unspecified atom stereocenters. The Balaban J connectivity index is 1.02. The number of para-hydroxylation sites is 3. The molecule has 0 N–H and O–H groups in total. The molecule has 9 aromatic rings. The van der Waals surface area contributed by atoms with Crippen LogP contribution in [0.5, 0.6) is 11.5 Å². The smallest absolute Gasteiger partial charge is 0.0616 e. The first-order chi connectivity index (χ1) is 33.4. The molecule has 0 atom stereocenters. The summed E-state index contributed by atoms with van der Waals surface area (Å²) in [6.07, 6.45) is 1.85. The van der Waals surface area contributed by atoms with Crippen molar-refractivity contribution in [1.82, 2.24) is 4.98 Å². The van der Waals surface area contributed by atoms with Crippen LogP contribution in [0.3, 0.4) is 0 Å². The van der Waals surface area contributed by atoms with E-state index in [1.807, 2.05) is 71.8 Å². The van der Waals surface area contributed by atoms with Gasteiger partial charge >= 0.3 is 242 Å². The molecule has 280 valence electrons. The van der Waals surface area contributed by atoms with Gasteiger partial charge in [0.15, 0.2) is 0 Å². The zero-order chi connectivity index (χ0) is 47.9. The summed E-state index contributed by atoms with van der Waals surface area (Å²) in [5.41, 5.74) is 4.78. The molecule has 0 spiro atoms. The van der Waals surface area contributed by atoms with E-state index in [0.717, 1.165) is 22.6 Å². The molecule has 0 amide bonds. The van der Waals surface area contributed by atoms with Crippen LogP contribution in [0.15, 0.2) is 224 Å². The van der Waals surface area contributed by atoms with Crippen molar-refractivity contribution in [2.45, 2.75) is 0 Å². The molecule has 59 heavy (non-hydrogen) atoms. The van der Waals surface area contributed by atoms with Crippen molar-refractivity contribution in [3.05, 3.63) is 224 Å². The average molecular weight is 829 g/mol. The fourth-order valence-corrected chi connectivity index (χ4v) is 19.5. The van der Waals surface area contributed by atoms with Crippen molar-refractivity contribution in [2.75, 3.05) is 16.5 Å². The molecule has 0 radical (unpaired) electrons. The van der Waals surface area contributed by atoms with Gasteiger partial charge in [0, 0.05) is 11.1 Å².